The average Bonchev–Trinajstić information content (AvgIpc) is 2.77. The maximum atomic E-state index is 12.8. The molecule has 1 fully saturated rings. The highest BCUT2D eigenvalue weighted by molar-refractivity contribution is 5.94. The van der Waals surface area contributed by atoms with Crippen LogP contribution in [-0.4, -0.2) is 34.7 Å². The largest absolute Gasteiger partial charge is 0.482 e. The van der Waals surface area contributed by atoms with E-state index in [1.807, 2.05) is 47.4 Å². The fraction of sp³-hybridized carbons (Fsp3) is 0.440. The number of carbonyl (C=O) groups excluding carboxylic acids is 1. The summed E-state index contributed by atoms with van der Waals surface area (Å²) in [5.74, 6) is -0.398. The number of unbranched alkanes of at least 4 members (excludes halogenated alkanes) is 1. The molecule has 1 aliphatic rings. The van der Waals surface area contributed by atoms with Gasteiger partial charge in [-0.25, -0.2) is 4.79 Å². The summed E-state index contributed by atoms with van der Waals surface area (Å²) in [6.07, 6.45) is 5.22. The van der Waals surface area contributed by atoms with E-state index in [0.717, 1.165) is 48.9 Å². The van der Waals surface area contributed by atoms with Crippen LogP contribution >= 0.6 is 0 Å². The van der Waals surface area contributed by atoms with Gasteiger partial charge in [0.05, 0.1) is 6.10 Å². The summed E-state index contributed by atoms with van der Waals surface area (Å²) in [7, 11) is 0. The second-order valence-electron chi connectivity index (χ2n) is 8.09. The Morgan fingerprint density at radius 3 is 2.71 bits per heavy atom. The van der Waals surface area contributed by atoms with Crippen LogP contribution in [0.4, 0.5) is 5.69 Å². The van der Waals surface area contributed by atoms with Crippen molar-refractivity contribution in [1.29, 1.82) is 0 Å². The lowest BCUT2D eigenvalue weighted by atomic mass is 9.94. The van der Waals surface area contributed by atoms with E-state index in [2.05, 4.69) is 6.92 Å². The Labute approximate surface area is 183 Å². The maximum absolute atomic E-state index is 12.8. The highest BCUT2D eigenvalue weighted by atomic mass is 16.5. The van der Waals surface area contributed by atoms with E-state index in [-0.39, 0.29) is 18.6 Å². The molecule has 1 aliphatic heterocycles. The summed E-state index contributed by atoms with van der Waals surface area (Å²) in [6.45, 7) is 1.72. The van der Waals surface area contributed by atoms with Gasteiger partial charge in [0, 0.05) is 18.2 Å². The molecule has 166 valence electrons. The third kappa shape index (κ3) is 6.31. The van der Waals surface area contributed by atoms with Crippen LogP contribution in [0.2, 0.25) is 0 Å². The molecule has 6 heteroatoms. The first kappa shape index (κ1) is 22.8. The van der Waals surface area contributed by atoms with Crippen LogP contribution in [0.15, 0.2) is 48.5 Å². The van der Waals surface area contributed by atoms with E-state index >= 15 is 0 Å². The van der Waals surface area contributed by atoms with Gasteiger partial charge in [0.15, 0.2) is 6.61 Å². The third-order valence-corrected chi connectivity index (χ3v) is 5.68. The van der Waals surface area contributed by atoms with Gasteiger partial charge >= 0.3 is 5.97 Å². The first-order chi connectivity index (χ1) is 15.0. The van der Waals surface area contributed by atoms with Crippen molar-refractivity contribution in [3.05, 3.63) is 59.7 Å². The average molecular weight is 426 g/mol. The minimum Gasteiger partial charge on any atom is -0.482 e. The zero-order chi connectivity index (χ0) is 22.2. The molecular formula is C25H31NO5. The Kier molecular flexibility index (Phi) is 8.06. The van der Waals surface area contributed by atoms with E-state index in [1.54, 1.807) is 6.07 Å². The molecular weight excluding hydrogens is 394 g/mol. The first-order valence-corrected chi connectivity index (χ1v) is 11.0. The number of piperidine rings is 1. The van der Waals surface area contributed by atoms with Crippen molar-refractivity contribution < 1.29 is 24.5 Å². The van der Waals surface area contributed by atoms with Crippen molar-refractivity contribution in [2.24, 2.45) is 0 Å². The van der Waals surface area contributed by atoms with Crippen LogP contribution in [0.25, 0.3) is 0 Å². The fourth-order valence-corrected chi connectivity index (χ4v) is 4.09. The first-order valence-electron chi connectivity index (χ1n) is 11.0. The molecule has 2 atom stereocenters. The van der Waals surface area contributed by atoms with E-state index in [1.165, 1.54) is 0 Å². The molecule has 2 aromatic carbocycles. The summed E-state index contributed by atoms with van der Waals surface area (Å²) in [5, 5.41) is 19.1. The Morgan fingerprint density at radius 2 is 2.00 bits per heavy atom. The summed E-state index contributed by atoms with van der Waals surface area (Å²) in [6, 6.07) is 15.1. The standard InChI is InChI=1S/C25H31NO5/c1-2-3-9-23(27)19-11-13-20(14-12-19)26-21(7-5-10-24(26)28)15-18-6-4-8-22(16-18)31-17-25(29)30/h4,6,8,11-14,16,21,23,27H,2-3,5,7,9-10,15,17H2,1H3,(H,29,30). The topological polar surface area (TPSA) is 87.1 Å². The molecule has 2 aromatic rings. The van der Waals surface area contributed by atoms with Crippen molar-refractivity contribution in [1.82, 2.24) is 0 Å². The molecule has 2 unspecified atom stereocenters. The lowest BCUT2D eigenvalue weighted by Gasteiger charge is -2.36. The zero-order valence-corrected chi connectivity index (χ0v) is 18.0. The van der Waals surface area contributed by atoms with Crippen LogP contribution < -0.4 is 9.64 Å². The Morgan fingerprint density at radius 1 is 1.23 bits per heavy atom. The van der Waals surface area contributed by atoms with Gasteiger partial charge in [0.25, 0.3) is 0 Å². The van der Waals surface area contributed by atoms with E-state index in [9.17, 15) is 14.7 Å². The number of anilines is 1. The number of carboxylic acid groups (broad SMARTS) is 1. The normalized spacial score (nSPS) is 17.4. The predicted octanol–water partition coefficient (Wildman–Crippen LogP) is 4.50. The molecule has 1 heterocycles. The number of rotatable bonds is 10. The number of aliphatic carboxylic acids is 1. The molecule has 31 heavy (non-hydrogen) atoms. The van der Waals surface area contributed by atoms with Gasteiger partial charge in [-0.1, -0.05) is 44.0 Å². The number of carboxylic acids is 1. The van der Waals surface area contributed by atoms with Gasteiger partial charge in [0.2, 0.25) is 5.91 Å². The quantitative estimate of drug-likeness (QED) is 0.585. The lowest BCUT2D eigenvalue weighted by molar-refractivity contribution is -0.139. The van der Waals surface area contributed by atoms with E-state index in [4.69, 9.17) is 9.84 Å². The zero-order valence-electron chi connectivity index (χ0n) is 18.0. The summed E-state index contributed by atoms with van der Waals surface area (Å²) in [5.41, 5.74) is 2.72. The van der Waals surface area contributed by atoms with Crippen LogP contribution in [0, 0.1) is 0 Å². The van der Waals surface area contributed by atoms with Crippen molar-refractivity contribution in [3.8, 4) is 5.75 Å². The highest BCUT2D eigenvalue weighted by Crippen LogP contribution is 2.30. The van der Waals surface area contributed by atoms with E-state index in [0.29, 0.717) is 18.6 Å². The van der Waals surface area contributed by atoms with Crippen LogP contribution in [-0.2, 0) is 16.0 Å². The monoisotopic (exact) mass is 425 g/mol. The Bertz CT molecular complexity index is 880. The Hall–Kier alpha value is -2.86. The smallest absolute Gasteiger partial charge is 0.341 e. The van der Waals surface area contributed by atoms with Crippen molar-refractivity contribution in [2.75, 3.05) is 11.5 Å². The van der Waals surface area contributed by atoms with Gasteiger partial charge in [-0.15, -0.1) is 0 Å². The van der Waals surface area contributed by atoms with Crippen LogP contribution in [0.5, 0.6) is 5.75 Å². The maximum Gasteiger partial charge on any atom is 0.341 e. The predicted molar refractivity (Wildman–Crippen MR) is 119 cm³/mol. The number of hydrogen-bond donors (Lipinski definition) is 2. The van der Waals surface area contributed by atoms with Gasteiger partial charge in [-0.2, -0.15) is 0 Å². The molecule has 1 amide bonds. The van der Waals surface area contributed by atoms with Gasteiger partial charge in [0.1, 0.15) is 5.75 Å². The van der Waals surface area contributed by atoms with E-state index < -0.39 is 12.1 Å². The molecule has 2 N–H and O–H groups in total. The van der Waals surface area contributed by atoms with Crippen molar-refractivity contribution >= 4 is 17.6 Å². The van der Waals surface area contributed by atoms with Gasteiger partial charge in [-0.3, -0.25) is 4.79 Å². The van der Waals surface area contributed by atoms with Crippen LogP contribution in [0.3, 0.4) is 0 Å². The van der Waals surface area contributed by atoms with Crippen LogP contribution in [0.1, 0.15) is 62.7 Å². The fourth-order valence-electron chi connectivity index (χ4n) is 4.09. The SMILES string of the molecule is CCCCC(O)c1ccc(N2C(=O)CCCC2Cc2cccc(OCC(=O)O)c2)cc1. The number of hydrogen-bond acceptors (Lipinski definition) is 4. The number of ether oxygens (including phenoxy) is 1. The molecule has 0 aliphatic carbocycles. The Balaban J connectivity index is 1.74. The second kappa shape index (κ2) is 11.0. The number of nitrogens with zero attached hydrogens (tertiary/aromatic N) is 1. The summed E-state index contributed by atoms with van der Waals surface area (Å²) < 4.78 is 5.29. The molecule has 0 saturated carbocycles. The molecule has 1 saturated heterocycles. The number of carbonyl (C=O) groups is 2. The summed E-state index contributed by atoms with van der Waals surface area (Å²) in [4.78, 5) is 25.4. The minimum absolute atomic E-state index is 0.0202. The minimum atomic E-state index is -1.02. The second-order valence-corrected chi connectivity index (χ2v) is 8.09. The number of amides is 1. The van der Waals surface area contributed by atoms with Gasteiger partial charge in [-0.05, 0) is 61.1 Å². The number of benzene rings is 2. The summed E-state index contributed by atoms with van der Waals surface area (Å²) >= 11 is 0. The lowest BCUT2D eigenvalue weighted by Crippen LogP contribution is -2.45. The molecule has 0 aromatic heterocycles. The number of aliphatic hydroxyl groups is 1. The highest BCUT2D eigenvalue weighted by Gasteiger charge is 2.29. The van der Waals surface area contributed by atoms with Crippen molar-refractivity contribution in [2.45, 2.75) is 64.0 Å². The van der Waals surface area contributed by atoms with Gasteiger partial charge < -0.3 is 19.8 Å². The molecule has 6 nitrogen and oxygen atoms in total. The third-order valence-electron chi connectivity index (χ3n) is 5.68. The molecule has 0 spiro atoms. The molecule has 0 bridgehead atoms. The molecule has 0 radical (unpaired) electrons. The van der Waals surface area contributed by atoms with Crippen molar-refractivity contribution in [3.63, 3.8) is 0 Å². The molecule has 3 rings (SSSR count). The number of aliphatic hydroxyl groups excluding tert-OH is 1.